The SMILES string of the molecule is CC(=O)O[C@@]12N[C@]1(C#N)[C@H](c1ccc([N+](=O)[O-])cc1)C1=C(CCCC1=O)O2. The molecule has 9 nitrogen and oxygen atoms in total. The Hall–Kier alpha value is -3.25. The Balaban J connectivity index is 1.87. The van der Waals surface area contributed by atoms with Crippen molar-refractivity contribution in [1.82, 2.24) is 5.32 Å². The molecule has 0 radical (unpaired) electrons. The third-order valence-electron chi connectivity index (χ3n) is 5.12. The maximum Gasteiger partial charge on any atom is 0.351 e. The van der Waals surface area contributed by atoms with E-state index in [0.29, 0.717) is 36.2 Å². The molecule has 1 saturated heterocycles. The number of nitrogens with zero attached hydrogens (tertiary/aromatic N) is 2. The second-order valence-electron chi connectivity index (χ2n) is 6.75. The Kier molecular flexibility index (Phi) is 3.58. The molecular weight excluding hydrogens is 354 g/mol. The van der Waals surface area contributed by atoms with Gasteiger partial charge in [-0.05, 0) is 12.0 Å². The average Bonchev–Trinajstić information content (AvgIpc) is 3.27. The maximum atomic E-state index is 12.6. The first kappa shape index (κ1) is 17.2. The Morgan fingerprint density at radius 1 is 1.41 bits per heavy atom. The summed E-state index contributed by atoms with van der Waals surface area (Å²) in [6.45, 7) is 1.21. The molecule has 0 amide bonds. The lowest BCUT2D eigenvalue weighted by Gasteiger charge is -2.35. The van der Waals surface area contributed by atoms with Gasteiger partial charge in [0.25, 0.3) is 5.69 Å². The number of carbonyl (C=O) groups excluding carboxylic acids is 2. The van der Waals surface area contributed by atoms with Crippen molar-refractivity contribution in [2.75, 3.05) is 0 Å². The highest BCUT2D eigenvalue weighted by Gasteiger charge is 2.82. The molecule has 1 aromatic carbocycles. The van der Waals surface area contributed by atoms with E-state index in [1.165, 1.54) is 31.2 Å². The number of nitro benzene ring substituents is 1. The second-order valence-corrected chi connectivity index (χ2v) is 6.75. The number of rotatable bonds is 3. The van der Waals surface area contributed by atoms with E-state index in [4.69, 9.17) is 9.47 Å². The lowest BCUT2D eigenvalue weighted by molar-refractivity contribution is -0.384. The van der Waals surface area contributed by atoms with Gasteiger partial charge in [-0.2, -0.15) is 5.26 Å². The van der Waals surface area contributed by atoms with Crippen molar-refractivity contribution < 1.29 is 24.0 Å². The molecule has 0 saturated carbocycles. The van der Waals surface area contributed by atoms with Gasteiger partial charge < -0.3 is 9.47 Å². The summed E-state index contributed by atoms with van der Waals surface area (Å²) in [6.07, 6.45) is 1.41. The summed E-state index contributed by atoms with van der Waals surface area (Å²) in [7, 11) is 0. The summed E-state index contributed by atoms with van der Waals surface area (Å²) in [6, 6.07) is 7.77. The molecule has 2 heterocycles. The van der Waals surface area contributed by atoms with E-state index in [2.05, 4.69) is 11.4 Å². The summed E-state index contributed by atoms with van der Waals surface area (Å²) >= 11 is 0. The molecule has 2 aliphatic heterocycles. The van der Waals surface area contributed by atoms with Crippen molar-refractivity contribution in [3.05, 3.63) is 51.3 Å². The van der Waals surface area contributed by atoms with Crippen LogP contribution in [0.25, 0.3) is 0 Å². The predicted molar refractivity (Wildman–Crippen MR) is 88.8 cm³/mol. The predicted octanol–water partition coefficient (Wildman–Crippen LogP) is 1.80. The molecule has 4 rings (SSSR count). The van der Waals surface area contributed by atoms with Crippen LogP contribution in [0, 0.1) is 21.4 Å². The molecular formula is C18H15N3O6. The topological polar surface area (TPSA) is 141 Å². The normalized spacial score (nSPS) is 31.1. The first-order valence-corrected chi connectivity index (χ1v) is 8.43. The van der Waals surface area contributed by atoms with Crippen LogP contribution in [0.1, 0.15) is 37.7 Å². The van der Waals surface area contributed by atoms with Crippen LogP contribution in [0.15, 0.2) is 35.6 Å². The van der Waals surface area contributed by atoms with Gasteiger partial charge in [-0.25, -0.2) is 5.32 Å². The highest BCUT2D eigenvalue weighted by molar-refractivity contribution is 5.99. The highest BCUT2D eigenvalue weighted by Crippen LogP contribution is 2.59. The van der Waals surface area contributed by atoms with Crippen molar-refractivity contribution in [1.29, 1.82) is 5.26 Å². The van der Waals surface area contributed by atoms with E-state index in [1.54, 1.807) is 0 Å². The van der Waals surface area contributed by atoms with Gasteiger partial charge in [-0.3, -0.25) is 19.7 Å². The Labute approximate surface area is 153 Å². The second kappa shape index (κ2) is 5.62. The van der Waals surface area contributed by atoms with Gasteiger partial charge in [-0.1, -0.05) is 12.1 Å². The molecule has 3 aliphatic rings. The molecule has 138 valence electrons. The fraction of sp³-hybridized carbons (Fsp3) is 0.389. The molecule has 0 bridgehead atoms. The van der Waals surface area contributed by atoms with Gasteiger partial charge in [-0.15, -0.1) is 0 Å². The standard InChI is InChI=1S/C18H15N3O6/c1-10(22)26-18-17(9-19,20-18)16(11-5-7-12(8-6-11)21(24)25)15-13(23)3-2-4-14(15)27-18/h5-8,16,20H,2-4H2,1H3/t16-,17-,18+/m1/s1. The minimum atomic E-state index is -1.66. The van der Waals surface area contributed by atoms with Crippen LogP contribution >= 0.6 is 0 Å². The van der Waals surface area contributed by atoms with Crippen molar-refractivity contribution in [3.8, 4) is 6.07 Å². The smallest absolute Gasteiger partial charge is 0.351 e. The van der Waals surface area contributed by atoms with Crippen molar-refractivity contribution in [2.45, 2.75) is 43.6 Å². The number of esters is 1. The zero-order valence-corrected chi connectivity index (χ0v) is 14.4. The van der Waals surface area contributed by atoms with Gasteiger partial charge in [0.1, 0.15) is 5.76 Å². The monoisotopic (exact) mass is 369 g/mol. The van der Waals surface area contributed by atoms with E-state index < -0.39 is 28.3 Å². The zero-order valence-electron chi connectivity index (χ0n) is 14.4. The molecule has 3 atom stereocenters. The van der Waals surface area contributed by atoms with E-state index in [-0.39, 0.29) is 11.5 Å². The minimum Gasteiger partial charge on any atom is -0.441 e. The molecule has 1 fully saturated rings. The number of carbonyl (C=O) groups is 2. The maximum absolute atomic E-state index is 12.6. The molecule has 27 heavy (non-hydrogen) atoms. The van der Waals surface area contributed by atoms with E-state index in [9.17, 15) is 25.0 Å². The van der Waals surface area contributed by atoms with E-state index in [1.807, 2.05) is 0 Å². The number of ether oxygens (including phenoxy) is 2. The first-order chi connectivity index (χ1) is 12.8. The first-order valence-electron chi connectivity index (χ1n) is 8.43. The Morgan fingerprint density at radius 3 is 2.70 bits per heavy atom. The number of benzene rings is 1. The number of Topliss-reactive ketones (excluding diaryl/α,β-unsaturated/α-hetero) is 1. The minimum absolute atomic E-state index is 0.101. The molecule has 9 heteroatoms. The van der Waals surface area contributed by atoms with Crippen LogP contribution in [0.2, 0.25) is 0 Å². The average molecular weight is 369 g/mol. The van der Waals surface area contributed by atoms with E-state index in [0.717, 1.165) is 0 Å². The summed E-state index contributed by atoms with van der Waals surface area (Å²) in [4.78, 5) is 34.6. The molecule has 0 unspecified atom stereocenters. The van der Waals surface area contributed by atoms with Crippen LogP contribution in [-0.2, 0) is 19.1 Å². The van der Waals surface area contributed by atoms with Crippen molar-refractivity contribution in [3.63, 3.8) is 0 Å². The third kappa shape index (κ3) is 2.34. The Bertz CT molecular complexity index is 947. The Morgan fingerprint density at radius 2 is 2.11 bits per heavy atom. The van der Waals surface area contributed by atoms with Crippen LogP contribution in [-0.4, -0.2) is 28.1 Å². The lowest BCUT2D eigenvalue weighted by atomic mass is 9.73. The van der Waals surface area contributed by atoms with E-state index >= 15 is 0 Å². The summed E-state index contributed by atoms with van der Waals surface area (Å²) in [5.74, 6) is -2.80. The largest absolute Gasteiger partial charge is 0.441 e. The van der Waals surface area contributed by atoms with Gasteiger partial charge in [0, 0.05) is 37.5 Å². The molecule has 1 aliphatic carbocycles. The number of nitro groups is 1. The number of allylic oxidation sites excluding steroid dienone is 1. The third-order valence-corrected chi connectivity index (χ3v) is 5.12. The number of hydrogen-bond donors (Lipinski definition) is 1. The van der Waals surface area contributed by atoms with Crippen LogP contribution in [0.4, 0.5) is 5.69 Å². The number of nitriles is 1. The van der Waals surface area contributed by atoms with Crippen LogP contribution in [0.5, 0.6) is 0 Å². The highest BCUT2D eigenvalue weighted by atomic mass is 16.8. The number of ketones is 1. The van der Waals surface area contributed by atoms with Crippen molar-refractivity contribution >= 4 is 17.4 Å². The number of hydrogen-bond acceptors (Lipinski definition) is 8. The molecule has 1 N–H and O–H groups in total. The van der Waals surface area contributed by atoms with Crippen molar-refractivity contribution in [2.24, 2.45) is 0 Å². The van der Waals surface area contributed by atoms with Gasteiger partial charge in [0.15, 0.2) is 5.78 Å². The van der Waals surface area contributed by atoms with Crippen LogP contribution in [0.3, 0.4) is 0 Å². The molecule has 1 aromatic rings. The van der Waals surface area contributed by atoms with Gasteiger partial charge >= 0.3 is 11.9 Å². The lowest BCUT2D eigenvalue weighted by Crippen LogP contribution is -2.43. The number of fused-ring (bicyclic) bond motifs is 1. The van der Waals surface area contributed by atoms with Gasteiger partial charge in [0.05, 0.1) is 16.9 Å². The van der Waals surface area contributed by atoms with Crippen LogP contribution < -0.4 is 5.32 Å². The number of non-ortho nitro benzene ring substituents is 1. The summed E-state index contributed by atoms with van der Waals surface area (Å²) in [5, 5.41) is 23.7. The molecule has 0 aromatic heterocycles. The molecule has 0 spiro atoms. The number of nitrogens with one attached hydrogen (secondary N) is 1. The fourth-order valence-electron chi connectivity index (χ4n) is 3.95. The summed E-state index contributed by atoms with van der Waals surface area (Å²) < 4.78 is 11.1. The van der Waals surface area contributed by atoms with Gasteiger partial charge in [0.2, 0.25) is 5.54 Å². The fourth-order valence-corrected chi connectivity index (χ4v) is 3.95. The quantitative estimate of drug-likeness (QED) is 0.368. The zero-order chi connectivity index (χ0) is 19.4. The summed E-state index contributed by atoms with van der Waals surface area (Å²) in [5.41, 5.74) is -0.671.